The van der Waals surface area contributed by atoms with Gasteiger partial charge in [-0.3, -0.25) is 0 Å². The number of carbonyl (C=O) groups is 1. The Morgan fingerprint density at radius 1 is 1.22 bits per heavy atom. The summed E-state index contributed by atoms with van der Waals surface area (Å²) in [7, 11) is 0. The normalized spacial score (nSPS) is 17.0. The first kappa shape index (κ1) is 17.8. The smallest absolute Gasteiger partial charge is 0.319 e. The van der Waals surface area contributed by atoms with Crippen LogP contribution in [0.15, 0.2) is 30.3 Å². The summed E-state index contributed by atoms with van der Waals surface area (Å²) < 4.78 is 0. The van der Waals surface area contributed by atoms with Gasteiger partial charge in [-0.15, -0.1) is 0 Å². The second-order valence-corrected chi connectivity index (χ2v) is 6.45. The Hall–Kier alpha value is -1.59. The number of carbonyl (C=O) groups excluding carboxylic acids is 1. The van der Waals surface area contributed by atoms with Crippen molar-refractivity contribution in [3.63, 3.8) is 0 Å². The number of benzene rings is 1. The fourth-order valence-electron chi connectivity index (χ4n) is 3.00. The summed E-state index contributed by atoms with van der Waals surface area (Å²) in [6, 6.07) is 9.52. The van der Waals surface area contributed by atoms with Gasteiger partial charge in [-0.2, -0.15) is 0 Å². The molecule has 1 aromatic rings. The SMILES string of the molecule is CCC(O)(CC)CN1CCC(NC(=O)Nc2ccccc2)CC1. The number of rotatable bonds is 6. The van der Waals surface area contributed by atoms with Gasteiger partial charge >= 0.3 is 6.03 Å². The third-order valence-corrected chi connectivity index (χ3v) is 4.79. The van der Waals surface area contributed by atoms with Crippen LogP contribution in [-0.4, -0.2) is 47.3 Å². The molecular formula is C18H29N3O2. The van der Waals surface area contributed by atoms with E-state index in [2.05, 4.69) is 15.5 Å². The maximum absolute atomic E-state index is 12.0. The second-order valence-electron chi connectivity index (χ2n) is 6.45. The molecule has 5 heteroatoms. The molecule has 0 radical (unpaired) electrons. The van der Waals surface area contributed by atoms with Crippen molar-refractivity contribution in [1.29, 1.82) is 0 Å². The first-order valence-corrected chi connectivity index (χ1v) is 8.62. The van der Waals surface area contributed by atoms with E-state index in [0.29, 0.717) is 0 Å². The summed E-state index contributed by atoms with van der Waals surface area (Å²) in [6.07, 6.45) is 3.40. The Bertz CT molecular complexity index is 480. The molecule has 1 heterocycles. The minimum Gasteiger partial charge on any atom is -0.389 e. The van der Waals surface area contributed by atoms with E-state index in [1.165, 1.54) is 0 Å². The minimum atomic E-state index is -0.578. The molecule has 3 N–H and O–H groups in total. The fraction of sp³-hybridized carbons (Fsp3) is 0.611. The number of urea groups is 1. The quantitative estimate of drug-likeness (QED) is 0.755. The van der Waals surface area contributed by atoms with Crippen molar-refractivity contribution in [1.82, 2.24) is 10.2 Å². The zero-order chi connectivity index (χ0) is 16.7. The molecule has 1 aliphatic rings. The number of hydrogen-bond acceptors (Lipinski definition) is 3. The molecule has 0 saturated carbocycles. The van der Waals surface area contributed by atoms with E-state index >= 15 is 0 Å². The average molecular weight is 319 g/mol. The predicted octanol–water partition coefficient (Wildman–Crippen LogP) is 2.82. The van der Waals surface area contributed by atoms with Gasteiger partial charge in [-0.25, -0.2) is 4.79 Å². The van der Waals surface area contributed by atoms with E-state index in [-0.39, 0.29) is 12.1 Å². The molecule has 128 valence electrons. The Labute approximate surface area is 139 Å². The van der Waals surface area contributed by atoms with E-state index in [1.807, 2.05) is 44.2 Å². The molecule has 0 aromatic heterocycles. The van der Waals surface area contributed by atoms with Gasteiger partial charge in [-0.1, -0.05) is 32.0 Å². The highest BCUT2D eigenvalue weighted by Crippen LogP contribution is 2.19. The van der Waals surface area contributed by atoms with Crippen molar-refractivity contribution in [3.8, 4) is 0 Å². The molecule has 5 nitrogen and oxygen atoms in total. The summed E-state index contributed by atoms with van der Waals surface area (Å²) >= 11 is 0. The number of nitrogens with one attached hydrogen (secondary N) is 2. The van der Waals surface area contributed by atoms with Crippen LogP contribution in [0.25, 0.3) is 0 Å². The van der Waals surface area contributed by atoms with E-state index in [1.54, 1.807) is 0 Å². The monoisotopic (exact) mass is 319 g/mol. The summed E-state index contributed by atoms with van der Waals surface area (Å²) in [5.74, 6) is 0. The van der Waals surface area contributed by atoms with Crippen molar-refractivity contribution in [2.45, 2.75) is 51.2 Å². The first-order chi connectivity index (χ1) is 11.0. The van der Waals surface area contributed by atoms with E-state index in [4.69, 9.17) is 0 Å². The molecule has 1 saturated heterocycles. The van der Waals surface area contributed by atoms with Gasteiger partial charge in [-0.05, 0) is 37.8 Å². The molecule has 0 bridgehead atoms. The third kappa shape index (κ3) is 5.52. The van der Waals surface area contributed by atoms with Gasteiger partial charge in [0.1, 0.15) is 0 Å². The van der Waals surface area contributed by atoms with Crippen molar-refractivity contribution in [3.05, 3.63) is 30.3 Å². The zero-order valence-electron chi connectivity index (χ0n) is 14.2. The molecule has 23 heavy (non-hydrogen) atoms. The largest absolute Gasteiger partial charge is 0.389 e. The van der Waals surface area contributed by atoms with Gasteiger partial charge in [0.15, 0.2) is 0 Å². The highest BCUT2D eigenvalue weighted by molar-refractivity contribution is 5.89. The minimum absolute atomic E-state index is 0.145. The number of para-hydroxylation sites is 1. The van der Waals surface area contributed by atoms with Crippen LogP contribution in [0.4, 0.5) is 10.5 Å². The van der Waals surface area contributed by atoms with E-state index in [0.717, 1.165) is 51.0 Å². The number of likely N-dealkylation sites (tertiary alicyclic amines) is 1. The summed E-state index contributed by atoms with van der Waals surface area (Å²) in [5.41, 5.74) is 0.226. The van der Waals surface area contributed by atoms with E-state index in [9.17, 15) is 9.90 Å². The first-order valence-electron chi connectivity index (χ1n) is 8.62. The zero-order valence-corrected chi connectivity index (χ0v) is 14.2. The Morgan fingerprint density at radius 2 is 1.83 bits per heavy atom. The Kier molecular flexibility index (Phi) is 6.42. The molecule has 1 aromatic carbocycles. The summed E-state index contributed by atoms with van der Waals surface area (Å²) in [5, 5.41) is 16.3. The maximum atomic E-state index is 12.0. The molecule has 1 aliphatic heterocycles. The van der Waals surface area contributed by atoms with Crippen LogP contribution < -0.4 is 10.6 Å². The average Bonchev–Trinajstić information content (AvgIpc) is 2.57. The van der Waals surface area contributed by atoms with Gasteiger partial charge in [0.2, 0.25) is 0 Å². The van der Waals surface area contributed by atoms with Crippen LogP contribution in [0, 0.1) is 0 Å². The molecule has 1 fully saturated rings. The predicted molar refractivity (Wildman–Crippen MR) is 93.6 cm³/mol. The van der Waals surface area contributed by atoms with Gasteiger partial charge < -0.3 is 20.6 Å². The lowest BCUT2D eigenvalue weighted by molar-refractivity contribution is -0.00948. The molecule has 2 rings (SSSR count). The fourth-order valence-corrected chi connectivity index (χ4v) is 3.00. The lowest BCUT2D eigenvalue weighted by Gasteiger charge is -2.37. The summed E-state index contributed by atoms with van der Waals surface area (Å²) in [6.45, 7) is 6.62. The van der Waals surface area contributed by atoms with Crippen molar-refractivity contribution in [2.75, 3.05) is 25.0 Å². The van der Waals surface area contributed by atoms with Crippen molar-refractivity contribution < 1.29 is 9.90 Å². The standard InChI is InChI=1S/C18H29N3O2/c1-3-18(23,4-2)14-21-12-10-16(11-13-21)20-17(22)19-15-8-6-5-7-9-15/h5-9,16,23H,3-4,10-14H2,1-2H3,(H2,19,20,22). The molecule has 0 unspecified atom stereocenters. The van der Waals surface area contributed by atoms with Crippen molar-refractivity contribution in [2.24, 2.45) is 0 Å². The molecule has 0 aliphatic carbocycles. The van der Waals surface area contributed by atoms with Crippen LogP contribution >= 0.6 is 0 Å². The van der Waals surface area contributed by atoms with Crippen LogP contribution in [0.1, 0.15) is 39.5 Å². The number of piperidine rings is 1. The molecule has 0 atom stereocenters. The highest BCUT2D eigenvalue weighted by Gasteiger charge is 2.28. The molecular weight excluding hydrogens is 290 g/mol. The van der Waals surface area contributed by atoms with Gasteiger partial charge in [0, 0.05) is 31.4 Å². The van der Waals surface area contributed by atoms with Gasteiger partial charge in [0.25, 0.3) is 0 Å². The molecule has 0 spiro atoms. The van der Waals surface area contributed by atoms with Crippen LogP contribution in [0.3, 0.4) is 0 Å². The number of amides is 2. The maximum Gasteiger partial charge on any atom is 0.319 e. The second kappa shape index (κ2) is 8.31. The van der Waals surface area contributed by atoms with E-state index < -0.39 is 5.60 Å². The lowest BCUT2D eigenvalue weighted by atomic mass is 9.95. The Balaban J connectivity index is 1.73. The lowest BCUT2D eigenvalue weighted by Crippen LogP contribution is -2.50. The van der Waals surface area contributed by atoms with Crippen LogP contribution in [-0.2, 0) is 0 Å². The third-order valence-electron chi connectivity index (χ3n) is 4.79. The van der Waals surface area contributed by atoms with Gasteiger partial charge in [0.05, 0.1) is 5.60 Å². The number of anilines is 1. The van der Waals surface area contributed by atoms with Crippen LogP contribution in [0.5, 0.6) is 0 Å². The van der Waals surface area contributed by atoms with Crippen molar-refractivity contribution >= 4 is 11.7 Å². The highest BCUT2D eigenvalue weighted by atomic mass is 16.3. The molecule has 2 amide bonds. The topological polar surface area (TPSA) is 64.6 Å². The number of β-amino-alcohol motifs (C(OH)–C–C–N with tert-alkyl or cyclic N) is 1. The summed E-state index contributed by atoms with van der Waals surface area (Å²) in [4.78, 5) is 14.3. The number of aliphatic hydroxyl groups is 1. The number of hydrogen-bond donors (Lipinski definition) is 3. The number of nitrogens with zero attached hydrogens (tertiary/aromatic N) is 1. The van der Waals surface area contributed by atoms with Crippen LogP contribution in [0.2, 0.25) is 0 Å². The Morgan fingerprint density at radius 3 is 2.39 bits per heavy atom.